The lowest BCUT2D eigenvalue weighted by Crippen LogP contribution is -2.15. The molecule has 0 saturated heterocycles. The number of benzene rings is 2. The summed E-state index contributed by atoms with van der Waals surface area (Å²) in [6, 6.07) is 16.8. The largest absolute Gasteiger partial charge is 0.356 e. The number of aryl methyl sites for hydroxylation is 1. The molecule has 0 aliphatic heterocycles. The molecule has 1 aromatic heterocycles. The number of nitrogens with one attached hydrogen (secondary N) is 1. The SMILES string of the molecule is CCc1ccccc1NC(=O)Cc1cc(-c2ccc(Cl)cc2)on1. The molecule has 5 heteroatoms. The molecule has 24 heavy (non-hydrogen) atoms. The minimum absolute atomic E-state index is 0.119. The number of halogens is 1. The van der Waals surface area contributed by atoms with Crippen LogP contribution in [0.25, 0.3) is 11.3 Å². The van der Waals surface area contributed by atoms with E-state index < -0.39 is 0 Å². The van der Waals surface area contributed by atoms with Gasteiger partial charge in [0.25, 0.3) is 0 Å². The standard InChI is InChI=1S/C19H17ClN2O2/c1-2-13-5-3-4-6-17(13)21-19(23)12-16-11-18(24-22-16)14-7-9-15(20)10-8-14/h3-11H,2,12H2,1H3,(H,21,23). The van der Waals surface area contributed by atoms with Crippen molar-refractivity contribution in [3.05, 3.63) is 70.9 Å². The molecule has 0 aliphatic carbocycles. The molecule has 3 rings (SSSR count). The zero-order valence-electron chi connectivity index (χ0n) is 13.3. The molecule has 122 valence electrons. The number of aromatic nitrogens is 1. The van der Waals surface area contributed by atoms with Gasteiger partial charge in [-0.15, -0.1) is 0 Å². The third-order valence-corrected chi connectivity index (χ3v) is 3.95. The Morgan fingerprint density at radius 3 is 2.67 bits per heavy atom. The fraction of sp³-hybridized carbons (Fsp3) is 0.158. The number of carbonyl (C=O) groups excluding carboxylic acids is 1. The van der Waals surface area contributed by atoms with E-state index in [2.05, 4.69) is 17.4 Å². The van der Waals surface area contributed by atoms with Crippen molar-refractivity contribution in [3.63, 3.8) is 0 Å². The molecule has 0 unspecified atom stereocenters. The second-order valence-corrected chi connectivity index (χ2v) is 5.86. The number of hydrogen-bond acceptors (Lipinski definition) is 3. The lowest BCUT2D eigenvalue weighted by atomic mass is 10.1. The van der Waals surface area contributed by atoms with Crippen LogP contribution in [-0.4, -0.2) is 11.1 Å². The smallest absolute Gasteiger partial charge is 0.230 e. The minimum atomic E-state index is -0.119. The van der Waals surface area contributed by atoms with E-state index in [1.54, 1.807) is 18.2 Å². The molecule has 1 amide bonds. The van der Waals surface area contributed by atoms with Crippen molar-refractivity contribution in [2.24, 2.45) is 0 Å². The maximum absolute atomic E-state index is 12.2. The van der Waals surface area contributed by atoms with Gasteiger partial charge in [-0.1, -0.05) is 41.9 Å². The van der Waals surface area contributed by atoms with Gasteiger partial charge in [0.2, 0.25) is 5.91 Å². The van der Waals surface area contributed by atoms with Crippen molar-refractivity contribution < 1.29 is 9.32 Å². The Morgan fingerprint density at radius 2 is 1.92 bits per heavy atom. The summed E-state index contributed by atoms with van der Waals surface area (Å²) in [5, 5.41) is 7.56. The quantitative estimate of drug-likeness (QED) is 0.730. The first-order chi connectivity index (χ1) is 11.7. The summed E-state index contributed by atoms with van der Waals surface area (Å²) >= 11 is 5.88. The Balaban J connectivity index is 1.68. The molecule has 1 N–H and O–H groups in total. The monoisotopic (exact) mass is 340 g/mol. The van der Waals surface area contributed by atoms with Crippen molar-refractivity contribution in [2.75, 3.05) is 5.32 Å². The van der Waals surface area contributed by atoms with Gasteiger partial charge in [-0.2, -0.15) is 0 Å². The molecule has 0 spiro atoms. The molecule has 0 atom stereocenters. The third-order valence-electron chi connectivity index (χ3n) is 3.70. The highest BCUT2D eigenvalue weighted by Gasteiger charge is 2.12. The highest BCUT2D eigenvalue weighted by Crippen LogP contribution is 2.23. The van der Waals surface area contributed by atoms with Crippen LogP contribution in [-0.2, 0) is 17.6 Å². The van der Waals surface area contributed by atoms with Crippen LogP contribution in [0, 0.1) is 0 Å². The van der Waals surface area contributed by atoms with Crippen LogP contribution in [0.3, 0.4) is 0 Å². The van der Waals surface area contributed by atoms with Crippen molar-refractivity contribution in [1.29, 1.82) is 0 Å². The van der Waals surface area contributed by atoms with E-state index in [9.17, 15) is 4.79 Å². The lowest BCUT2D eigenvalue weighted by Gasteiger charge is -2.08. The fourth-order valence-electron chi connectivity index (χ4n) is 2.45. The first kappa shape index (κ1) is 16.3. The first-order valence-electron chi connectivity index (χ1n) is 7.75. The van der Waals surface area contributed by atoms with E-state index in [0.717, 1.165) is 23.2 Å². The number of carbonyl (C=O) groups is 1. The van der Waals surface area contributed by atoms with E-state index >= 15 is 0 Å². The third kappa shape index (κ3) is 3.84. The Morgan fingerprint density at radius 1 is 1.17 bits per heavy atom. The fourth-order valence-corrected chi connectivity index (χ4v) is 2.58. The van der Waals surface area contributed by atoms with Crippen LogP contribution >= 0.6 is 11.6 Å². The molecule has 0 radical (unpaired) electrons. The Labute approximate surface area is 145 Å². The summed E-state index contributed by atoms with van der Waals surface area (Å²) in [4.78, 5) is 12.2. The van der Waals surface area contributed by atoms with Crippen molar-refractivity contribution in [1.82, 2.24) is 5.16 Å². The number of hydrogen-bond donors (Lipinski definition) is 1. The molecular formula is C19H17ClN2O2. The second-order valence-electron chi connectivity index (χ2n) is 5.43. The predicted octanol–water partition coefficient (Wildman–Crippen LogP) is 4.74. The molecule has 0 fully saturated rings. The normalized spacial score (nSPS) is 10.6. The van der Waals surface area contributed by atoms with E-state index in [1.165, 1.54) is 0 Å². The molecule has 0 bridgehead atoms. The number of amides is 1. The molecule has 0 aliphatic rings. The molecule has 0 saturated carbocycles. The zero-order valence-corrected chi connectivity index (χ0v) is 14.0. The summed E-state index contributed by atoms with van der Waals surface area (Å²) in [5.74, 6) is 0.496. The average molecular weight is 341 g/mol. The van der Waals surface area contributed by atoms with Gasteiger partial charge in [0.05, 0.1) is 12.1 Å². The molecule has 4 nitrogen and oxygen atoms in total. The molecular weight excluding hydrogens is 324 g/mol. The topological polar surface area (TPSA) is 55.1 Å². The van der Waals surface area contributed by atoms with Crippen LogP contribution in [0.5, 0.6) is 0 Å². The van der Waals surface area contributed by atoms with Crippen LogP contribution < -0.4 is 5.32 Å². The van der Waals surface area contributed by atoms with E-state index in [4.69, 9.17) is 16.1 Å². The molecule has 3 aromatic rings. The second kappa shape index (κ2) is 7.32. The minimum Gasteiger partial charge on any atom is -0.356 e. The Bertz CT molecular complexity index is 841. The van der Waals surface area contributed by atoms with E-state index in [0.29, 0.717) is 16.5 Å². The highest BCUT2D eigenvalue weighted by molar-refractivity contribution is 6.30. The Kier molecular flexibility index (Phi) is 4.96. The number of nitrogens with zero attached hydrogens (tertiary/aromatic N) is 1. The van der Waals surface area contributed by atoms with Gasteiger partial charge in [-0.05, 0) is 42.3 Å². The van der Waals surface area contributed by atoms with E-state index in [-0.39, 0.29) is 12.3 Å². The van der Waals surface area contributed by atoms with E-state index in [1.807, 2.05) is 36.4 Å². The van der Waals surface area contributed by atoms with Crippen LogP contribution in [0.15, 0.2) is 59.1 Å². The van der Waals surface area contributed by atoms with Gasteiger partial charge < -0.3 is 9.84 Å². The summed E-state index contributed by atoms with van der Waals surface area (Å²) in [6.45, 7) is 2.06. The van der Waals surface area contributed by atoms with Crippen molar-refractivity contribution in [2.45, 2.75) is 19.8 Å². The van der Waals surface area contributed by atoms with Gasteiger partial charge in [-0.3, -0.25) is 4.79 Å². The van der Waals surface area contributed by atoms with Crippen LogP contribution in [0.4, 0.5) is 5.69 Å². The Hall–Kier alpha value is -2.59. The van der Waals surface area contributed by atoms with Crippen molar-refractivity contribution in [3.8, 4) is 11.3 Å². The van der Waals surface area contributed by atoms with Gasteiger partial charge in [0.1, 0.15) is 0 Å². The van der Waals surface area contributed by atoms with Gasteiger partial charge in [0, 0.05) is 22.3 Å². The number of para-hydroxylation sites is 1. The predicted molar refractivity (Wildman–Crippen MR) is 95.1 cm³/mol. The summed E-state index contributed by atoms with van der Waals surface area (Å²) in [6.07, 6.45) is 1.02. The lowest BCUT2D eigenvalue weighted by molar-refractivity contribution is -0.115. The number of anilines is 1. The zero-order chi connectivity index (χ0) is 16.9. The van der Waals surface area contributed by atoms with Crippen molar-refractivity contribution >= 4 is 23.2 Å². The van der Waals surface area contributed by atoms with Gasteiger partial charge in [0.15, 0.2) is 5.76 Å². The summed E-state index contributed by atoms with van der Waals surface area (Å²) < 4.78 is 5.31. The van der Waals surface area contributed by atoms with Gasteiger partial charge in [-0.25, -0.2) is 0 Å². The molecule has 2 aromatic carbocycles. The van der Waals surface area contributed by atoms with Crippen LogP contribution in [0.1, 0.15) is 18.2 Å². The first-order valence-corrected chi connectivity index (χ1v) is 8.13. The summed E-state index contributed by atoms with van der Waals surface area (Å²) in [5.41, 5.74) is 3.40. The highest BCUT2D eigenvalue weighted by atomic mass is 35.5. The molecule has 1 heterocycles. The maximum atomic E-state index is 12.2. The van der Waals surface area contributed by atoms with Crippen LogP contribution in [0.2, 0.25) is 5.02 Å². The van der Waals surface area contributed by atoms with Gasteiger partial charge >= 0.3 is 0 Å². The maximum Gasteiger partial charge on any atom is 0.230 e. The number of rotatable bonds is 5. The average Bonchev–Trinajstić information content (AvgIpc) is 3.04. The summed E-state index contributed by atoms with van der Waals surface area (Å²) in [7, 11) is 0.